The summed E-state index contributed by atoms with van der Waals surface area (Å²) in [5, 5.41) is 6.97. The van der Waals surface area contributed by atoms with Crippen molar-refractivity contribution < 1.29 is 14.3 Å². The van der Waals surface area contributed by atoms with E-state index >= 15 is 0 Å². The van der Waals surface area contributed by atoms with Gasteiger partial charge < -0.3 is 19.3 Å². The monoisotopic (exact) mass is 515 g/mol. The Balaban J connectivity index is 0.000000135. The SMILES string of the molecule is CN1CCOCC1.COC1CN(CCN2CCCCC2)C1.O=Cc1[nH]nc2c1CSc1ccccc1-2. The third-order valence-corrected chi connectivity index (χ3v) is 8.30. The lowest BCUT2D eigenvalue weighted by molar-refractivity contribution is -0.0327. The highest BCUT2D eigenvalue weighted by molar-refractivity contribution is 7.98. The average molecular weight is 516 g/mol. The molecule has 198 valence electrons. The van der Waals surface area contributed by atoms with Gasteiger partial charge in [0.2, 0.25) is 0 Å². The van der Waals surface area contributed by atoms with Crippen molar-refractivity contribution in [3.8, 4) is 11.3 Å². The molecule has 1 N–H and O–H groups in total. The molecule has 0 atom stereocenters. The van der Waals surface area contributed by atoms with Gasteiger partial charge in [-0.25, -0.2) is 0 Å². The highest BCUT2D eigenvalue weighted by Gasteiger charge is 2.26. The van der Waals surface area contributed by atoms with E-state index in [9.17, 15) is 4.79 Å². The molecule has 0 spiro atoms. The number of morpholine rings is 1. The molecule has 0 bridgehead atoms. The number of methoxy groups -OCH3 is 1. The van der Waals surface area contributed by atoms with Crippen molar-refractivity contribution in [1.82, 2.24) is 24.9 Å². The third-order valence-electron chi connectivity index (χ3n) is 7.20. The fourth-order valence-electron chi connectivity index (χ4n) is 4.76. The molecular formula is C27H41N5O3S. The number of aromatic nitrogens is 2. The van der Waals surface area contributed by atoms with Gasteiger partial charge in [-0.3, -0.25) is 14.8 Å². The van der Waals surface area contributed by atoms with E-state index in [-0.39, 0.29) is 0 Å². The minimum absolute atomic E-state index is 0.511. The van der Waals surface area contributed by atoms with E-state index in [1.165, 1.54) is 50.3 Å². The summed E-state index contributed by atoms with van der Waals surface area (Å²) < 4.78 is 10.4. The molecule has 0 amide bonds. The summed E-state index contributed by atoms with van der Waals surface area (Å²) in [6.45, 7) is 11.4. The smallest absolute Gasteiger partial charge is 0.168 e. The number of likely N-dealkylation sites (N-methyl/N-ethyl adjacent to an activating group) is 1. The van der Waals surface area contributed by atoms with Crippen molar-refractivity contribution in [2.45, 2.75) is 36.0 Å². The number of piperidine rings is 1. The molecule has 8 nitrogen and oxygen atoms in total. The number of hydrogen-bond donors (Lipinski definition) is 1. The zero-order valence-corrected chi connectivity index (χ0v) is 22.6. The molecule has 2 aromatic rings. The maximum absolute atomic E-state index is 10.8. The predicted octanol–water partition coefficient (Wildman–Crippen LogP) is 3.25. The standard InChI is InChI=1S/C11H8N2OS.C11H22N2O.C5H11NO/c14-5-9-8-6-15-10-4-2-1-3-7(10)11(8)13-12-9;1-14-11-9-13(10-11)8-7-12-5-3-2-4-6-12;1-6-2-4-7-5-3-6/h1-5H,6H2,(H,12,13);11H,2-10H2,1H3;2-5H2,1H3. The van der Waals surface area contributed by atoms with E-state index in [0.29, 0.717) is 11.8 Å². The van der Waals surface area contributed by atoms with E-state index in [1.807, 2.05) is 25.3 Å². The second kappa shape index (κ2) is 14.3. The number of carbonyl (C=O) groups is 1. The summed E-state index contributed by atoms with van der Waals surface area (Å²) in [6.07, 6.45) is 5.59. The number of thioether (sulfide) groups is 1. The molecule has 3 fully saturated rings. The Morgan fingerprint density at radius 2 is 1.81 bits per heavy atom. The van der Waals surface area contributed by atoms with Gasteiger partial charge >= 0.3 is 0 Å². The highest BCUT2D eigenvalue weighted by atomic mass is 32.2. The van der Waals surface area contributed by atoms with Crippen LogP contribution in [0.5, 0.6) is 0 Å². The molecule has 4 aliphatic heterocycles. The predicted molar refractivity (Wildman–Crippen MR) is 145 cm³/mol. The van der Waals surface area contributed by atoms with Crippen molar-refractivity contribution in [3.05, 3.63) is 35.5 Å². The largest absolute Gasteiger partial charge is 0.379 e. The lowest BCUT2D eigenvalue weighted by Crippen LogP contribution is -2.53. The van der Waals surface area contributed by atoms with E-state index in [4.69, 9.17) is 9.47 Å². The molecule has 0 unspecified atom stereocenters. The lowest BCUT2D eigenvalue weighted by atomic mass is 10.1. The molecule has 36 heavy (non-hydrogen) atoms. The van der Waals surface area contributed by atoms with Crippen LogP contribution in [0.1, 0.15) is 35.3 Å². The van der Waals surface area contributed by atoms with Crippen LogP contribution in [0.4, 0.5) is 0 Å². The van der Waals surface area contributed by atoms with Crippen molar-refractivity contribution in [2.24, 2.45) is 0 Å². The number of ether oxygens (including phenoxy) is 2. The zero-order chi connectivity index (χ0) is 25.2. The molecule has 4 aliphatic rings. The van der Waals surface area contributed by atoms with E-state index < -0.39 is 0 Å². The number of nitrogens with one attached hydrogen (secondary N) is 1. The van der Waals surface area contributed by atoms with Crippen LogP contribution in [0.3, 0.4) is 0 Å². The minimum Gasteiger partial charge on any atom is -0.379 e. The van der Waals surface area contributed by atoms with Crippen LogP contribution in [-0.2, 0) is 15.2 Å². The van der Waals surface area contributed by atoms with Gasteiger partial charge in [-0.05, 0) is 39.0 Å². The van der Waals surface area contributed by atoms with Crippen LogP contribution in [0.2, 0.25) is 0 Å². The molecule has 1 aromatic heterocycles. The number of hydrogen-bond acceptors (Lipinski definition) is 8. The molecule has 3 saturated heterocycles. The summed E-state index contributed by atoms with van der Waals surface area (Å²) in [7, 11) is 3.93. The first kappa shape index (κ1) is 27.3. The number of aldehydes is 1. The van der Waals surface area contributed by atoms with Crippen molar-refractivity contribution in [2.75, 3.05) is 79.7 Å². The zero-order valence-electron chi connectivity index (χ0n) is 21.8. The van der Waals surface area contributed by atoms with Gasteiger partial charge in [0.25, 0.3) is 0 Å². The molecule has 1 aromatic carbocycles. The maximum atomic E-state index is 10.8. The molecular weight excluding hydrogens is 474 g/mol. The Kier molecular flexibility index (Phi) is 10.8. The minimum atomic E-state index is 0.511. The van der Waals surface area contributed by atoms with Crippen LogP contribution < -0.4 is 0 Å². The number of nitrogens with zero attached hydrogens (tertiary/aromatic N) is 4. The van der Waals surface area contributed by atoms with Crippen LogP contribution in [-0.4, -0.2) is 117 Å². The summed E-state index contributed by atoms with van der Waals surface area (Å²) >= 11 is 1.75. The fraction of sp³-hybridized carbons (Fsp3) is 0.630. The molecule has 0 aliphatic carbocycles. The number of fused-ring (bicyclic) bond motifs is 3. The van der Waals surface area contributed by atoms with Crippen molar-refractivity contribution in [1.29, 1.82) is 0 Å². The Hall–Kier alpha value is -1.75. The Morgan fingerprint density at radius 1 is 1.08 bits per heavy atom. The summed E-state index contributed by atoms with van der Waals surface area (Å²) in [5.74, 6) is 0.816. The van der Waals surface area contributed by atoms with Crippen LogP contribution in [0.25, 0.3) is 11.3 Å². The molecule has 0 radical (unpaired) electrons. The lowest BCUT2D eigenvalue weighted by Gasteiger charge is -2.39. The van der Waals surface area contributed by atoms with Gasteiger partial charge in [-0.1, -0.05) is 24.6 Å². The van der Waals surface area contributed by atoms with Gasteiger partial charge in [0.15, 0.2) is 6.29 Å². The second-order valence-electron chi connectivity index (χ2n) is 9.80. The van der Waals surface area contributed by atoms with E-state index in [0.717, 1.165) is 68.3 Å². The van der Waals surface area contributed by atoms with Crippen LogP contribution >= 0.6 is 11.8 Å². The first-order valence-corrected chi connectivity index (χ1v) is 14.1. The molecule has 0 saturated carbocycles. The van der Waals surface area contributed by atoms with Crippen molar-refractivity contribution in [3.63, 3.8) is 0 Å². The highest BCUT2D eigenvalue weighted by Crippen LogP contribution is 2.40. The topological polar surface area (TPSA) is 73.9 Å². The van der Waals surface area contributed by atoms with E-state index in [1.54, 1.807) is 11.8 Å². The summed E-state index contributed by atoms with van der Waals surface area (Å²) in [5.41, 5.74) is 3.67. The summed E-state index contributed by atoms with van der Waals surface area (Å²) in [4.78, 5) is 19.4. The van der Waals surface area contributed by atoms with Gasteiger partial charge in [-0.2, -0.15) is 5.10 Å². The van der Waals surface area contributed by atoms with Crippen molar-refractivity contribution >= 4 is 18.0 Å². The maximum Gasteiger partial charge on any atom is 0.168 e. The summed E-state index contributed by atoms with van der Waals surface area (Å²) in [6, 6.07) is 8.13. The van der Waals surface area contributed by atoms with Gasteiger partial charge in [0.1, 0.15) is 5.69 Å². The average Bonchev–Trinajstić information content (AvgIpc) is 3.34. The first-order valence-electron chi connectivity index (χ1n) is 13.2. The number of H-pyrrole nitrogens is 1. The number of aromatic amines is 1. The quantitative estimate of drug-likeness (QED) is 0.609. The molecule has 5 heterocycles. The van der Waals surface area contributed by atoms with Crippen LogP contribution in [0.15, 0.2) is 29.2 Å². The second-order valence-corrected chi connectivity index (χ2v) is 10.8. The number of rotatable bonds is 5. The Labute approximate surface area is 219 Å². The Bertz CT molecular complexity index is 937. The number of likely N-dealkylation sites (tertiary alicyclic amines) is 2. The third kappa shape index (κ3) is 7.63. The van der Waals surface area contributed by atoms with Crippen LogP contribution in [0, 0.1) is 0 Å². The van der Waals surface area contributed by atoms with Gasteiger partial charge in [-0.15, -0.1) is 11.8 Å². The number of benzene rings is 1. The number of carbonyl (C=O) groups excluding carboxylic acids is 1. The van der Waals surface area contributed by atoms with E-state index in [2.05, 4.69) is 38.0 Å². The molecule has 9 heteroatoms. The van der Waals surface area contributed by atoms with Gasteiger partial charge in [0, 0.05) is 68.2 Å². The Morgan fingerprint density at radius 3 is 2.47 bits per heavy atom. The first-order chi connectivity index (χ1) is 17.7. The normalized spacial score (nSPS) is 20.6. The fourth-order valence-corrected chi connectivity index (χ4v) is 5.84. The van der Waals surface area contributed by atoms with Gasteiger partial charge in [0.05, 0.1) is 25.0 Å². The molecule has 6 rings (SSSR count).